The van der Waals surface area contributed by atoms with Crippen LogP contribution in [0.1, 0.15) is 20.3 Å². The van der Waals surface area contributed by atoms with Crippen LogP contribution in [0.4, 0.5) is 16.2 Å². The highest BCUT2D eigenvalue weighted by atomic mass is 16.5. The van der Waals surface area contributed by atoms with E-state index in [4.69, 9.17) is 5.73 Å². The third-order valence-electron chi connectivity index (χ3n) is 3.35. The maximum Gasteiger partial charge on any atom is 0.411 e. The van der Waals surface area contributed by atoms with Crippen molar-refractivity contribution in [3.05, 3.63) is 24.3 Å². The summed E-state index contributed by atoms with van der Waals surface area (Å²) in [5, 5.41) is 5.35. The van der Waals surface area contributed by atoms with Gasteiger partial charge in [-0.3, -0.25) is 10.1 Å². The first-order valence-corrected chi connectivity index (χ1v) is 6.41. The van der Waals surface area contributed by atoms with E-state index in [1.807, 2.05) is 13.8 Å². The van der Waals surface area contributed by atoms with Crippen molar-refractivity contribution in [1.29, 1.82) is 0 Å². The van der Waals surface area contributed by atoms with E-state index in [9.17, 15) is 9.59 Å². The number of ether oxygens (including phenoxy) is 1. The number of hydrogen-bond acceptors (Lipinski definition) is 4. The van der Waals surface area contributed by atoms with Crippen molar-refractivity contribution in [1.82, 2.24) is 0 Å². The summed E-state index contributed by atoms with van der Waals surface area (Å²) in [5.74, 6) is -0.115. The summed E-state index contributed by atoms with van der Waals surface area (Å²) in [6.45, 7) is 4.04. The Balaban J connectivity index is 2.70. The summed E-state index contributed by atoms with van der Waals surface area (Å²) in [6.07, 6.45) is 0.126. The number of carbonyl (C=O) groups excluding carboxylic acids is 2. The van der Waals surface area contributed by atoms with Gasteiger partial charge in [0.25, 0.3) is 0 Å². The maximum absolute atomic E-state index is 12.1. The van der Waals surface area contributed by atoms with Gasteiger partial charge in [0, 0.05) is 17.9 Å². The smallest absolute Gasteiger partial charge is 0.411 e. The molecule has 0 aliphatic rings. The minimum atomic E-state index is -0.580. The first-order chi connectivity index (χ1) is 9.45. The van der Waals surface area contributed by atoms with Crippen molar-refractivity contribution in [3.8, 4) is 0 Å². The van der Waals surface area contributed by atoms with E-state index < -0.39 is 11.5 Å². The number of hydrogen-bond donors (Lipinski definition) is 3. The van der Waals surface area contributed by atoms with Crippen LogP contribution in [-0.2, 0) is 9.53 Å². The molecule has 0 fully saturated rings. The number of amides is 2. The Bertz CT molecular complexity index is 467. The van der Waals surface area contributed by atoms with Gasteiger partial charge >= 0.3 is 6.09 Å². The molecule has 0 aromatic heterocycles. The van der Waals surface area contributed by atoms with Crippen molar-refractivity contribution in [3.63, 3.8) is 0 Å². The molecule has 110 valence electrons. The Morgan fingerprint density at radius 1 is 1.20 bits per heavy atom. The fourth-order valence-corrected chi connectivity index (χ4v) is 1.49. The molecule has 0 radical (unpaired) electrons. The lowest BCUT2D eigenvalue weighted by atomic mass is 9.86. The van der Waals surface area contributed by atoms with Crippen LogP contribution in [0.2, 0.25) is 0 Å². The van der Waals surface area contributed by atoms with Gasteiger partial charge < -0.3 is 15.8 Å². The molecule has 0 aliphatic heterocycles. The monoisotopic (exact) mass is 279 g/mol. The van der Waals surface area contributed by atoms with Crippen LogP contribution in [0.15, 0.2) is 24.3 Å². The second kappa shape index (κ2) is 6.91. The molecule has 0 heterocycles. The lowest BCUT2D eigenvalue weighted by Gasteiger charge is -2.24. The molecule has 1 aromatic carbocycles. The molecule has 1 rings (SSSR count). The third kappa shape index (κ3) is 3.96. The average Bonchev–Trinajstić information content (AvgIpc) is 2.48. The van der Waals surface area contributed by atoms with E-state index >= 15 is 0 Å². The summed E-state index contributed by atoms with van der Waals surface area (Å²) < 4.78 is 4.49. The van der Waals surface area contributed by atoms with Crippen LogP contribution < -0.4 is 16.4 Å². The standard InChI is InChI=1S/C14H21N3O3/c1-4-14(2,9-15)12(18)16-10-5-7-11(8-6-10)17-13(19)20-3/h5-8H,4,9,15H2,1-3H3,(H,16,18)(H,17,19). The van der Waals surface area contributed by atoms with Gasteiger partial charge in [0.1, 0.15) is 0 Å². The van der Waals surface area contributed by atoms with E-state index in [1.54, 1.807) is 24.3 Å². The Kier molecular flexibility index (Phi) is 5.52. The van der Waals surface area contributed by atoms with E-state index in [2.05, 4.69) is 15.4 Å². The molecule has 1 atom stereocenters. The highest BCUT2D eigenvalue weighted by Crippen LogP contribution is 2.22. The molecule has 0 saturated carbocycles. The summed E-state index contributed by atoms with van der Waals surface area (Å²) in [4.78, 5) is 23.2. The molecule has 2 amide bonds. The number of carbonyl (C=O) groups is 2. The lowest BCUT2D eigenvalue weighted by molar-refractivity contribution is -0.124. The molecular weight excluding hydrogens is 258 g/mol. The Morgan fingerprint density at radius 2 is 1.70 bits per heavy atom. The highest BCUT2D eigenvalue weighted by molar-refractivity contribution is 5.95. The number of nitrogens with two attached hydrogens (primary N) is 1. The molecule has 4 N–H and O–H groups in total. The average molecular weight is 279 g/mol. The van der Waals surface area contributed by atoms with Crippen LogP contribution >= 0.6 is 0 Å². The molecule has 6 heteroatoms. The van der Waals surface area contributed by atoms with Crippen LogP contribution in [0.25, 0.3) is 0 Å². The van der Waals surface area contributed by atoms with E-state index in [0.29, 0.717) is 17.8 Å². The molecule has 20 heavy (non-hydrogen) atoms. The van der Waals surface area contributed by atoms with Crippen LogP contribution in [-0.4, -0.2) is 25.7 Å². The van der Waals surface area contributed by atoms with Gasteiger partial charge in [-0.25, -0.2) is 4.79 Å². The summed E-state index contributed by atoms with van der Waals surface area (Å²) in [6, 6.07) is 6.77. The number of methoxy groups -OCH3 is 1. The largest absolute Gasteiger partial charge is 0.453 e. The normalized spacial score (nSPS) is 13.2. The SMILES string of the molecule is CCC(C)(CN)C(=O)Nc1ccc(NC(=O)OC)cc1. The number of benzene rings is 1. The van der Waals surface area contributed by atoms with Gasteiger partial charge in [-0.15, -0.1) is 0 Å². The maximum atomic E-state index is 12.1. The van der Waals surface area contributed by atoms with Crippen molar-refractivity contribution in [2.45, 2.75) is 20.3 Å². The van der Waals surface area contributed by atoms with Crippen molar-refractivity contribution in [2.75, 3.05) is 24.3 Å². The summed E-state index contributed by atoms with van der Waals surface area (Å²) in [5.41, 5.74) is 6.30. The number of nitrogens with one attached hydrogen (secondary N) is 2. The van der Waals surface area contributed by atoms with Crippen molar-refractivity contribution in [2.24, 2.45) is 11.1 Å². The zero-order valence-corrected chi connectivity index (χ0v) is 12.0. The number of rotatable bonds is 5. The Hall–Kier alpha value is -2.08. The molecule has 0 saturated heterocycles. The zero-order valence-electron chi connectivity index (χ0n) is 12.0. The molecule has 6 nitrogen and oxygen atoms in total. The van der Waals surface area contributed by atoms with E-state index in [-0.39, 0.29) is 12.5 Å². The molecule has 1 aromatic rings. The minimum Gasteiger partial charge on any atom is -0.453 e. The molecule has 0 bridgehead atoms. The summed E-state index contributed by atoms with van der Waals surface area (Å²) >= 11 is 0. The first kappa shape index (κ1) is 16.0. The van der Waals surface area contributed by atoms with E-state index in [0.717, 1.165) is 0 Å². The van der Waals surface area contributed by atoms with Crippen LogP contribution in [0.5, 0.6) is 0 Å². The zero-order chi connectivity index (χ0) is 15.2. The summed E-state index contributed by atoms with van der Waals surface area (Å²) in [7, 11) is 1.29. The fraction of sp³-hybridized carbons (Fsp3) is 0.429. The topological polar surface area (TPSA) is 93.5 Å². The van der Waals surface area contributed by atoms with Crippen LogP contribution in [0.3, 0.4) is 0 Å². The van der Waals surface area contributed by atoms with Gasteiger partial charge in [-0.05, 0) is 37.6 Å². The van der Waals surface area contributed by atoms with Gasteiger partial charge in [0.2, 0.25) is 5.91 Å². The quantitative estimate of drug-likeness (QED) is 0.770. The highest BCUT2D eigenvalue weighted by Gasteiger charge is 2.29. The fourth-order valence-electron chi connectivity index (χ4n) is 1.49. The predicted octanol–water partition coefficient (Wildman–Crippen LogP) is 2.18. The molecule has 1 unspecified atom stereocenters. The molecule has 0 spiro atoms. The van der Waals surface area contributed by atoms with Crippen molar-refractivity contribution < 1.29 is 14.3 Å². The second-order valence-electron chi connectivity index (χ2n) is 4.77. The van der Waals surface area contributed by atoms with Gasteiger partial charge in [-0.2, -0.15) is 0 Å². The van der Waals surface area contributed by atoms with Gasteiger partial charge in [0.05, 0.1) is 12.5 Å². The van der Waals surface area contributed by atoms with Crippen LogP contribution in [0, 0.1) is 5.41 Å². The van der Waals surface area contributed by atoms with E-state index in [1.165, 1.54) is 7.11 Å². The molecular formula is C14H21N3O3. The third-order valence-corrected chi connectivity index (χ3v) is 3.35. The first-order valence-electron chi connectivity index (χ1n) is 6.41. The Morgan fingerprint density at radius 3 is 2.10 bits per heavy atom. The van der Waals surface area contributed by atoms with Crippen molar-refractivity contribution >= 4 is 23.4 Å². The minimum absolute atomic E-state index is 0.115. The Labute approximate surface area is 118 Å². The molecule has 0 aliphatic carbocycles. The number of anilines is 2. The predicted molar refractivity (Wildman–Crippen MR) is 78.6 cm³/mol. The lowest BCUT2D eigenvalue weighted by Crippen LogP contribution is -2.39. The van der Waals surface area contributed by atoms with Gasteiger partial charge in [-0.1, -0.05) is 6.92 Å². The second-order valence-corrected chi connectivity index (χ2v) is 4.77. The van der Waals surface area contributed by atoms with Gasteiger partial charge in [0.15, 0.2) is 0 Å².